The molecule has 0 amide bonds. The molecule has 0 spiro atoms. The lowest BCUT2D eigenvalue weighted by atomic mass is 10.0. The molecule has 1 aromatic rings. The Morgan fingerprint density at radius 1 is 1.46 bits per heavy atom. The summed E-state index contributed by atoms with van der Waals surface area (Å²) in [5.74, 6) is 0. The van der Waals surface area contributed by atoms with Gasteiger partial charge in [-0.3, -0.25) is 0 Å². The third-order valence-corrected chi connectivity index (χ3v) is 2.31. The standard InChI is InChI=1S/C10H14ClN.ClH/c1-3-10(12)9-5-4-8(11)6-7(9)2;/h4-6,10H,3,12H2,1-2H3;1H/t10-;/m0./s1. The summed E-state index contributed by atoms with van der Waals surface area (Å²) in [4.78, 5) is 0. The smallest absolute Gasteiger partial charge is 0.0408 e. The second kappa shape index (κ2) is 5.48. The van der Waals surface area contributed by atoms with E-state index in [1.807, 2.05) is 25.1 Å². The van der Waals surface area contributed by atoms with E-state index in [1.54, 1.807) is 0 Å². The highest BCUT2D eigenvalue weighted by Crippen LogP contribution is 2.21. The van der Waals surface area contributed by atoms with Gasteiger partial charge in [0.2, 0.25) is 0 Å². The summed E-state index contributed by atoms with van der Waals surface area (Å²) in [6.07, 6.45) is 0.961. The first kappa shape index (κ1) is 12.8. The summed E-state index contributed by atoms with van der Waals surface area (Å²) in [5, 5.41) is 0.777. The van der Waals surface area contributed by atoms with Crippen molar-refractivity contribution in [2.24, 2.45) is 5.73 Å². The SMILES string of the molecule is CC[C@H](N)c1ccc(Cl)cc1C.Cl. The molecule has 0 saturated carbocycles. The molecular weight excluding hydrogens is 205 g/mol. The van der Waals surface area contributed by atoms with Crippen LogP contribution in [0.3, 0.4) is 0 Å². The molecule has 0 fully saturated rings. The van der Waals surface area contributed by atoms with Gasteiger partial charge >= 0.3 is 0 Å². The van der Waals surface area contributed by atoms with Crippen LogP contribution in [0, 0.1) is 6.92 Å². The molecule has 13 heavy (non-hydrogen) atoms. The largest absolute Gasteiger partial charge is 0.324 e. The van der Waals surface area contributed by atoms with Crippen molar-refractivity contribution in [3.8, 4) is 0 Å². The average Bonchev–Trinajstić information content (AvgIpc) is 2.03. The molecule has 0 aliphatic carbocycles. The highest BCUT2D eigenvalue weighted by molar-refractivity contribution is 6.30. The third kappa shape index (κ3) is 3.18. The lowest BCUT2D eigenvalue weighted by Crippen LogP contribution is -2.09. The summed E-state index contributed by atoms with van der Waals surface area (Å²) >= 11 is 5.82. The second-order valence-electron chi connectivity index (χ2n) is 3.02. The van der Waals surface area contributed by atoms with Gasteiger partial charge in [-0.25, -0.2) is 0 Å². The fourth-order valence-corrected chi connectivity index (χ4v) is 1.50. The number of hydrogen-bond donors (Lipinski definition) is 1. The van der Waals surface area contributed by atoms with E-state index in [9.17, 15) is 0 Å². The van der Waals surface area contributed by atoms with Gasteiger partial charge < -0.3 is 5.73 Å². The van der Waals surface area contributed by atoms with Gasteiger partial charge in [-0.1, -0.05) is 24.6 Å². The fourth-order valence-electron chi connectivity index (χ4n) is 1.28. The van der Waals surface area contributed by atoms with E-state index in [1.165, 1.54) is 11.1 Å². The molecule has 0 aromatic heterocycles. The van der Waals surface area contributed by atoms with Gasteiger partial charge in [0.25, 0.3) is 0 Å². The lowest BCUT2D eigenvalue weighted by molar-refractivity contribution is 0.694. The van der Waals surface area contributed by atoms with Crippen molar-refractivity contribution >= 4 is 24.0 Å². The summed E-state index contributed by atoms with van der Waals surface area (Å²) in [6, 6.07) is 5.99. The van der Waals surface area contributed by atoms with Gasteiger partial charge in [-0.15, -0.1) is 12.4 Å². The maximum absolute atomic E-state index is 5.90. The van der Waals surface area contributed by atoms with Gasteiger partial charge in [0.05, 0.1) is 0 Å². The Morgan fingerprint density at radius 3 is 2.54 bits per heavy atom. The minimum absolute atomic E-state index is 0. The molecule has 2 N–H and O–H groups in total. The summed E-state index contributed by atoms with van der Waals surface area (Å²) in [7, 11) is 0. The van der Waals surface area contributed by atoms with Gasteiger partial charge in [0.15, 0.2) is 0 Å². The van der Waals surface area contributed by atoms with Crippen LogP contribution in [-0.2, 0) is 0 Å². The third-order valence-electron chi connectivity index (χ3n) is 2.07. The molecule has 1 aromatic carbocycles. The van der Waals surface area contributed by atoms with Crippen molar-refractivity contribution < 1.29 is 0 Å². The highest BCUT2D eigenvalue weighted by atomic mass is 35.5. The first-order valence-corrected chi connectivity index (χ1v) is 4.54. The number of aryl methyl sites for hydroxylation is 1. The minimum atomic E-state index is 0. The van der Waals surface area contributed by atoms with Crippen LogP contribution >= 0.6 is 24.0 Å². The van der Waals surface area contributed by atoms with Crippen LogP contribution in [0.25, 0.3) is 0 Å². The summed E-state index contributed by atoms with van der Waals surface area (Å²) in [5.41, 5.74) is 8.28. The number of nitrogens with two attached hydrogens (primary N) is 1. The number of hydrogen-bond acceptors (Lipinski definition) is 1. The lowest BCUT2D eigenvalue weighted by Gasteiger charge is -2.12. The first-order valence-electron chi connectivity index (χ1n) is 4.16. The maximum atomic E-state index is 5.90. The van der Waals surface area contributed by atoms with E-state index in [2.05, 4.69) is 6.92 Å². The summed E-state index contributed by atoms with van der Waals surface area (Å²) in [6.45, 7) is 4.12. The number of rotatable bonds is 2. The molecule has 0 heterocycles. The van der Waals surface area contributed by atoms with E-state index in [0.29, 0.717) is 0 Å². The highest BCUT2D eigenvalue weighted by Gasteiger charge is 2.05. The Balaban J connectivity index is 0.00000144. The number of halogens is 2. The van der Waals surface area contributed by atoms with Crippen LogP contribution in [0.5, 0.6) is 0 Å². The topological polar surface area (TPSA) is 26.0 Å². The predicted octanol–water partition coefficient (Wildman–Crippen LogP) is 3.48. The molecule has 0 aliphatic rings. The van der Waals surface area contributed by atoms with Crippen LogP contribution in [0.4, 0.5) is 0 Å². The molecule has 3 heteroatoms. The van der Waals surface area contributed by atoms with Crippen molar-refractivity contribution in [3.63, 3.8) is 0 Å². The maximum Gasteiger partial charge on any atom is 0.0408 e. The van der Waals surface area contributed by atoms with Gasteiger partial charge in [0, 0.05) is 11.1 Å². The van der Waals surface area contributed by atoms with Crippen LogP contribution in [0.1, 0.15) is 30.5 Å². The van der Waals surface area contributed by atoms with Crippen LogP contribution in [0.2, 0.25) is 5.02 Å². The zero-order chi connectivity index (χ0) is 9.14. The van der Waals surface area contributed by atoms with Crippen LogP contribution in [0.15, 0.2) is 18.2 Å². The van der Waals surface area contributed by atoms with Gasteiger partial charge in [-0.05, 0) is 36.6 Å². The van der Waals surface area contributed by atoms with E-state index in [-0.39, 0.29) is 18.4 Å². The van der Waals surface area contributed by atoms with Crippen molar-refractivity contribution in [2.75, 3.05) is 0 Å². The molecule has 1 nitrogen and oxygen atoms in total. The summed E-state index contributed by atoms with van der Waals surface area (Å²) < 4.78 is 0. The Morgan fingerprint density at radius 2 is 2.08 bits per heavy atom. The minimum Gasteiger partial charge on any atom is -0.324 e. The first-order chi connectivity index (χ1) is 5.65. The number of benzene rings is 1. The van der Waals surface area contributed by atoms with Crippen molar-refractivity contribution in [2.45, 2.75) is 26.3 Å². The van der Waals surface area contributed by atoms with Gasteiger partial charge in [0.1, 0.15) is 0 Å². The van der Waals surface area contributed by atoms with Crippen molar-refractivity contribution in [1.29, 1.82) is 0 Å². The van der Waals surface area contributed by atoms with E-state index < -0.39 is 0 Å². The van der Waals surface area contributed by atoms with Crippen molar-refractivity contribution in [1.82, 2.24) is 0 Å². The second-order valence-corrected chi connectivity index (χ2v) is 3.45. The average molecular weight is 220 g/mol. The Hall–Kier alpha value is -0.240. The monoisotopic (exact) mass is 219 g/mol. The predicted molar refractivity (Wildman–Crippen MR) is 60.7 cm³/mol. The van der Waals surface area contributed by atoms with E-state index in [4.69, 9.17) is 17.3 Å². The molecule has 0 unspecified atom stereocenters. The molecular formula is C10H15Cl2N. The Bertz CT molecular complexity index is 274. The molecule has 1 rings (SSSR count). The zero-order valence-corrected chi connectivity index (χ0v) is 9.45. The normalized spacial score (nSPS) is 12.0. The molecule has 0 radical (unpaired) electrons. The molecule has 1 atom stereocenters. The molecule has 74 valence electrons. The fraction of sp³-hybridized carbons (Fsp3) is 0.400. The molecule has 0 aliphatic heterocycles. The van der Waals surface area contributed by atoms with E-state index in [0.717, 1.165) is 11.4 Å². The van der Waals surface area contributed by atoms with E-state index >= 15 is 0 Å². The molecule has 0 bridgehead atoms. The van der Waals surface area contributed by atoms with Crippen LogP contribution < -0.4 is 5.73 Å². The molecule has 0 saturated heterocycles. The Kier molecular flexibility index (Phi) is 5.38. The van der Waals surface area contributed by atoms with Gasteiger partial charge in [-0.2, -0.15) is 0 Å². The Labute approximate surface area is 90.7 Å². The quantitative estimate of drug-likeness (QED) is 0.811. The van der Waals surface area contributed by atoms with Crippen LogP contribution in [-0.4, -0.2) is 0 Å². The van der Waals surface area contributed by atoms with Crippen molar-refractivity contribution in [3.05, 3.63) is 34.3 Å². The zero-order valence-electron chi connectivity index (χ0n) is 7.88.